The molecule has 1 saturated heterocycles. The Balaban J connectivity index is 1.54. The Morgan fingerprint density at radius 3 is 2.74 bits per heavy atom. The highest BCUT2D eigenvalue weighted by molar-refractivity contribution is 8.00. The van der Waals surface area contributed by atoms with E-state index in [0.29, 0.717) is 23.6 Å². The summed E-state index contributed by atoms with van der Waals surface area (Å²) in [6.45, 7) is 1.75. The van der Waals surface area contributed by atoms with Gasteiger partial charge < -0.3 is 21.1 Å². The molecule has 3 amide bonds. The van der Waals surface area contributed by atoms with Crippen LogP contribution in [0.1, 0.15) is 41.9 Å². The molecule has 1 aromatic rings. The fraction of sp³-hybridized carbons (Fsp3) is 0.556. The highest BCUT2D eigenvalue weighted by atomic mass is 32.2. The zero-order valence-corrected chi connectivity index (χ0v) is 16.0. The number of pyridine rings is 1. The number of rotatable bonds is 4. The van der Waals surface area contributed by atoms with Crippen LogP contribution < -0.4 is 16.0 Å². The summed E-state index contributed by atoms with van der Waals surface area (Å²) in [5.74, 6) is 0.105. The van der Waals surface area contributed by atoms with E-state index >= 15 is 0 Å². The van der Waals surface area contributed by atoms with Gasteiger partial charge in [-0.3, -0.25) is 14.4 Å². The summed E-state index contributed by atoms with van der Waals surface area (Å²) in [5, 5.41) is 18.5. The molecular weight excluding hydrogens is 368 g/mol. The van der Waals surface area contributed by atoms with E-state index in [2.05, 4.69) is 20.9 Å². The zero-order valence-electron chi connectivity index (χ0n) is 15.2. The molecule has 0 radical (unpaired) electrons. The average Bonchev–Trinajstić information content (AvgIpc) is 2.64. The molecule has 9 heteroatoms. The third-order valence-corrected chi connectivity index (χ3v) is 5.79. The second kappa shape index (κ2) is 8.60. The molecule has 3 rings (SSSR count). The number of aromatic hydroxyl groups is 1. The molecule has 27 heavy (non-hydrogen) atoms. The molecule has 8 nitrogen and oxygen atoms in total. The molecule has 3 atom stereocenters. The molecule has 2 heterocycles. The number of nitrogens with one attached hydrogen (secondary N) is 3. The van der Waals surface area contributed by atoms with Crippen LogP contribution in [0, 0.1) is 6.92 Å². The number of carbonyl (C=O) groups is 3. The minimum Gasteiger partial charge on any atom is -0.505 e. The smallest absolute Gasteiger partial charge is 0.273 e. The van der Waals surface area contributed by atoms with Crippen molar-refractivity contribution in [2.24, 2.45) is 0 Å². The lowest BCUT2D eigenvalue weighted by Gasteiger charge is -2.32. The van der Waals surface area contributed by atoms with Gasteiger partial charge in [-0.2, -0.15) is 0 Å². The number of thioether (sulfide) groups is 1. The van der Waals surface area contributed by atoms with Gasteiger partial charge in [0, 0.05) is 23.5 Å². The summed E-state index contributed by atoms with van der Waals surface area (Å²) in [5.41, 5.74) is 0.669. The van der Waals surface area contributed by atoms with Crippen LogP contribution in [0.2, 0.25) is 0 Å². The van der Waals surface area contributed by atoms with E-state index in [9.17, 15) is 19.5 Å². The predicted molar refractivity (Wildman–Crippen MR) is 102 cm³/mol. The lowest BCUT2D eigenvalue weighted by molar-refractivity contribution is -0.128. The second-order valence-electron chi connectivity index (χ2n) is 7.00. The molecule has 0 bridgehead atoms. The summed E-state index contributed by atoms with van der Waals surface area (Å²) in [4.78, 5) is 40.3. The molecule has 0 spiro atoms. The third kappa shape index (κ3) is 5.12. The maximum atomic E-state index is 12.4. The van der Waals surface area contributed by atoms with Crippen molar-refractivity contribution >= 4 is 29.5 Å². The molecule has 1 aliphatic carbocycles. The number of hydrogen-bond donors (Lipinski definition) is 4. The fourth-order valence-electron chi connectivity index (χ4n) is 3.41. The van der Waals surface area contributed by atoms with E-state index < -0.39 is 11.9 Å². The maximum absolute atomic E-state index is 12.4. The molecule has 0 unspecified atom stereocenters. The molecule has 4 N–H and O–H groups in total. The van der Waals surface area contributed by atoms with Crippen molar-refractivity contribution in [2.45, 2.75) is 50.7 Å². The largest absolute Gasteiger partial charge is 0.505 e. The second-order valence-corrected chi connectivity index (χ2v) is 8.03. The Kier molecular flexibility index (Phi) is 6.20. The first-order valence-corrected chi connectivity index (χ1v) is 10.2. The van der Waals surface area contributed by atoms with Crippen LogP contribution in [-0.2, 0) is 9.59 Å². The van der Waals surface area contributed by atoms with E-state index in [1.54, 1.807) is 13.0 Å². The molecule has 1 aliphatic heterocycles. The van der Waals surface area contributed by atoms with Gasteiger partial charge in [0.25, 0.3) is 5.91 Å². The maximum Gasteiger partial charge on any atom is 0.273 e. The van der Waals surface area contributed by atoms with Gasteiger partial charge >= 0.3 is 0 Å². The van der Waals surface area contributed by atoms with Crippen molar-refractivity contribution in [1.29, 1.82) is 0 Å². The van der Waals surface area contributed by atoms with Crippen LogP contribution in [0.4, 0.5) is 0 Å². The summed E-state index contributed by atoms with van der Waals surface area (Å²) >= 11 is 1.45. The van der Waals surface area contributed by atoms with E-state index in [-0.39, 0.29) is 35.3 Å². The highest BCUT2D eigenvalue weighted by Gasteiger charge is 2.30. The van der Waals surface area contributed by atoms with Gasteiger partial charge in [0.1, 0.15) is 11.8 Å². The van der Waals surface area contributed by atoms with Crippen molar-refractivity contribution in [3.63, 3.8) is 0 Å². The summed E-state index contributed by atoms with van der Waals surface area (Å²) in [6.07, 6.45) is 3.12. The molecule has 2 fully saturated rings. The molecular formula is C18H24N4O4S. The van der Waals surface area contributed by atoms with E-state index in [0.717, 1.165) is 19.3 Å². The van der Waals surface area contributed by atoms with Gasteiger partial charge in [-0.15, -0.1) is 11.8 Å². The lowest BCUT2D eigenvalue weighted by atomic mass is 9.90. The molecule has 2 aliphatic rings. The van der Waals surface area contributed by atoms with Crippen molar-refractivity contribution in [3.05, 3.63) is 23.5 Å². The zero-order chi connectivity index (χ0) is 19.4. The Morgan fingerprint density at radius 2 is 2.00 bits per heavy atom. The minimum atomic E-state index is -0.500. The number of amides is 3. The first kappa shape index (κ1) is 19.5. The third-order valence-electron chi connectivity index (χ3n) is 4.75. The topological polar surface area (TPSA) is 120 Å². The first-order valence-electron chi connectivity index (χ1n) is 9.07. The Labute approximate surface area is 161 Å². The fourth-order valence-corrected chi connectivity index (χ4v) is 4.27. The Bertz CT molecular complexity index is 742. The van der Waals surface area contributed by atoms with Crippen molar-refractivity contribution < 1.29 is 19.5 Å². The number of aryl methyl sites for hydroxylation is 1. The quantitative estimate of drug-likeness (QED) is 0.592. The van der Waals surface area contributed by atoms with Gasteiger partial charge in [-0.1, -0.05) is 0 Å². The lowest BCUT2D eigenvalue weighted by Crippen LogP contribution is -2.55. The van der Waals surface area contributed by atoms with Gasteiger partial charge in [-0.05, 0) is 44.7 Å². The van der Waals surface area contributed by atoms with Crippen molar-refractivity contribution in [1.82, 2.24) is 20.9 Å². The molecule has 1 saturated carbocycles. The van der Waals surface area contributed by atoms with Crippen LogP contribution in [0.3, 0.4) is 0 Å². The average molecular weight is 392 g/mol. The summed E-state index contributed by atoms with van der Waals surface area (Å²) in [6, 6.07) is 2.44. The monoisotopic (exact) mass is 392 g/mol. The predicted octanol–water partition coefficient (Wildman–Crippen LogP) is 0.484. The summed E-state index contributed by atoms with van der Waals surface area (Å²) < 4.78 is 0. The Morgan fingerprint density at radius 1 is 1.26 bits per heavy atom. The van der Waals surface area contributed by atoms with Crippen LogP contribution >= 0.6 is 11.8 Å². The van der Waals surface area contributed by atoms with E-state index in [1.165, 1.54) is 17.8 Å². The molecule has 1 aromatic heterocycles. The van der Waals surface area contributed by atoms with Crippen LogP contribution in [-0.4, -0.2) is 57.4 Å². The van der Waals surface area contributed by atoms with Crippen LogP contribution in [0.5, 0.6) is 5.75 Å². The van der Waals surface area contributed by atoms with Crippen LogP contribution in [0.15, 0.2) is 12.1 Å². The van der Waals surface area contributed by atoms with Gasteiger partial charge in [0.2, 0.25) is 11.8 Å². The number of nitrogens with zero attached hydrogens (tertiary/aromatic N) is 1. The standard InChI is InChI=1S/C18H24N4O4S/c1-10-5-6-14(23)16(19-10)18(26)21-12-4-2-3-11(7-12)20-17(25)13-8-27-9-15(24)22-13/h5-6,11-13,23H,2-4,7-9H2,1H3,(H,20,25)(H,21,26)(H,22,24)/t11-,12+,13-/m0/s1. The number of hydrogen-bond acceptors (Lipinski definition) is 6. The van der Waals surface area contributed by atoms with Gasteiger partial charge in [-0.25, -0.2) is 4.98 Å². The van der Waals surface area contributed by atoms with E-state index in [4.69, 9.17) is 0 Å². The molecule has 0 aromatic carbocycles. The van der Waals surface area contributed by atoms with Crippen molar-refractivity contribution in [2.75, 3.05) is 11.5 Å². The molecule has 146 valence electrons. The normalized spacial score (nSPS) is 25.4. The Hall–Kier alpha value is -2.29. The van der Waals surface area contributed by atoms with Crippen molar-refractivity contribution in [3.8, 4) is 5.75 Å². The summed E-state index contributed by atoms with van der Waals surface area (Å²) in [7, 11) is 0. The van der Waals surface area contributed by atoms with E-state index in [1.807, 2.05) is 0 Å². The van der Waals surface area contributed by atoms with Gasteiger partial charge in [0.05, 0.1) is 5.75 Å². The van der Waals surface area contributed by atoms with Gasteiger partial charge in [0.15, 0.2) is 5.69 Å². The first-order chi connectivity index (χ1) is 12.9. The van der Waals surface area contributed by atoms with Crippen LogP contribution in [0.25, 0.3) is 0 Å². The minimum absolute atomic E-state index is 0.0168. The SMILES string of the molecule is Cc1ccc(O)c(C(=O)N[C@@H]2CCC[C@H](NC(=O)[C@@H]3CSCC(=O)N3)C2)n1. The highest BCUT2D eigenvalue weighted by Crippen LogP contribution is 2.21. The number of aromatic nitrogens is 1. The number of carbonyl (C=O) groups excluding carboxylic acids is 3.